The van der Waals surface area contributed by atoms with E-state index in [9.17, 15) is 9.59 Å². The minimum atomic E-state index is -0.407. The van der Waals surface area contributed by atoms with Gasteiger partial charge in [-0.15, -0.1) is 10.2 Å². The Hall–Kier alpha value is -2.42. The number of amides is 3. The van der Waals surface area contributed by atoms with Crippen molar-refractivity contribution in [2.45, 2.75) is 62.7 Å². The third-order valence-electron chi connectivity index (χ3n) is 5.53. The highest BCUT2D eigenvalue weighted by Crippen LogP contribution is 2.40. The lowest BCUT2D eigenvalue weighted by atomic mass is 9.86. The van der Waals surface area contributed by atoms with Gasteiger partial charge in [0.15, 0.2) is 11.0 Å². The van der Waals surface area contributed by atoms with Crippen molar-refractivity contribution in [3.05, 3.63) is 24.5 Å². The number of carbonyl (C=O) groups excluding carboxylic acids is 2. The maximum absolute atomic E-state index is 12.3. The van der Waals surface area contributed by atoms with Crippen molar-refractivity contribution in [3.8, 4) is 11.4 Å². The van der Waals surface area contributed by atoms with Gasteiger partial charge in [-0.1, -0.05) is 31.5 Å². The van der Waals surface area contributed by atoms with Crippen LogP contribution in [0.2, 0.25) is 0 Å². The number of aromatic nitrogens is 4. The van der Waals surface area contributed by atoms with Crippen LogP contribution >= 0.6 is 11.8 Å². The molecule has 0 saturated heterocycles. The molecule has 3 amide bonds. The summed E-state index contributed by atoms with van der Waals surface area (Å²) in [5.74, 6) is 1.03. The monoisotopic (exact) mass is 414 g/mol. The molecule has 2 fully saturated rings. The van der Waals surface area contributed by atoms with Crippen LogP contribution in [0.25, 0.3) is 11.4 Å². The van der Waals surface area contributed by atoms with E-state index in [-0.39, 0.29) is 17.7 Å². The fraction of sp³-hybridized carbons (Fsp3) is 0.550. The van der Waals surface area contributed by atoms with Crippen LogP contribution < -0.4 is 10.6 Å². The average molecular weight is 415 g/mol. The molecule has 4 rings (SSSR count). The van der Waals surface area contributed by atoms with Gasteiger partial charge in [0, 0.05) is 30.0 Å². The lowest BCUT2D eigenvalue weighted by Crippen LogP contribution is -2.48. The molecule has 2 N–H and O–H groups in total. The third kappa shape index (κ3) is 4.95. The van der Waals surface area contributed by atoms with E-state index >= 15 is 0 Å². The first-order valence-electron chi connectivity index (χ1n) is 10.2. The molecule has 154 valence electrons. The number of carbonyl (C=O) groups is 2. The van der Waals surface area contributed by atoms with Crippen LogP contribution in [0.5, 0.6) is 0 Å². The second kappa shape index (κ2) is 8.94. The zero-order valence-corrected chi connectivity index (χ0v) is 17.3. The first-order chi connectivity index (χ1) is 14.1. The zero-order chi connectivity index (χ0) is 20.2. The van der Waals surface area contributed by atoms with Crippen LogP contribution in [0.3, 0.4) is 0 Å². The number of nitrogens with one attached hydrogen (secondary N) is 2. The zero-order valence-electron chi connectivity index (χ0n) is 16.5. The lowest BCUT2D eigenvalue weighted by molar-refractivity contribution is -0.117. The number of nitrogens with zero attached hydrogens (tertiary/aromatic N) is 4. The number of pyridine rings is 1. The maximum atomic E-state index is 12.3. The van der Waals surface area contributed by atoms with Gasteiger partial charge in [-0.3, -0.25) is 19.7 Å². The molecule has 0 unspecified atom stereocenters. The number of imide groups is 1. The summed E-state index contributed by atoms with van der Waals surface area (Å²) < 4.78 is 2.09. The van der Waals surface area contributed by atoms with Crippen LogP contribution in [0.15, 0.2) is 29.7 Å². The number of hydrogen-bond acceptors (Lipinski definition) is 6. The molecule has 9 heteroatoms. The van der Waals surface area contributed by atoms with E-state index in [1.165, 1.54) is 18.2 Å². The van der Waals surface area contributed by atoms with Gasteiger partial charge in [0.05, 0.1) is 5.75 Å². The van der Waals surface area contributed by atoms with Gasteiger partial charge in [0.2, 0.25) is 5.91 Å². The number of urea groups is 1. The lowest BCUT2D eigenvalue weighted by Gasteiger charge is -2.29. The van der Waals surface area contributed by atoms with Gasteiger partial charge in [-0.2, -0.15) is 0 Å². The molecular weight excluding hydrogens is 388 g/mol. The third-order valence-corrected chi connectivity index (χ3v) is 6.47. The largest absolute Gasteiger partial charge is 0.335 e. The van der Waals surface area contributed by atoms with E-state index in [4.69, 9.17) is 0 Å². The smallest absolute Gasteiger partial charge is 0.321 e. The second-order valence-electron chi connectivity index (χ2n) is 7.82. The highest BCUT2D eigenvalue weighted by atomic mass is 32.2. The molecule has 0 aliphatic heterocycles. The van der Waals surface area contributed by atoms with Crippen LogP contribution in [0.1, 0.15) is 51.5 Å². The van der Waals surface area contributed by atoms with E-state index in [0.29, 0.717) is 17.1 Å². The van der Waals surface area contributed by atoms with Crippen molar-refractivity contribution in [1.29, 1.82) is 0 Å². The van der Waals surface area contributed by atoms with Crippen LogP contribution in [0.4, 0.5) is 4.79 Å². The van der Waals surface area contributed by atoms with Crippen LogP contribution in [-0.4, -0.2) is 43.5 Å². The number of hydrogen-bond donors (Lipinski definition) is 2. The van der Waals surface area contributed by atoms with Crippen molar-refractivity contribution in [2.75, 3.05) is 5.75 Å². The van der Waals surface area contributed by atoms with Crippen molar-refractivity contribution in [2.24, 2.45) is 5.92 Å². The van der Waals surface area contributed by atoms with E-state index < -0.39 is 6.03 Å². The maximum Gasteiger partial charge on any atom is 0.321 e. The molecule has 0 radical (unpaired) electrons. The molecule has 0 spiro atoms. The fourth-order valence-electron chi connectivity index (χ4n) is 3.76. The molecule has 2 atom stereocenters. The summed E-state index contributed by atoms with van der Waals surface area (Å²) in [6.07, 6.45) is 10.0. The van der Waals surface area contributed by atoms with Gasteiger partial charge in [0.1, 0.15) is 0 Å². The summed E-state index contributed by atoms with van der Waals surface area (Å²) in [7, 11) is 0. The molecule has 0 aromatic carbocycles. The van der Waals surface area contributed by atoms with Gasteiger partial charge >= 0.3 is 6.03 Å². The summed E-state index contributed by atoms with van der Waals surface area (Å²) in [6, 6.07) is 3.91. The summed E-state index contributed by atoms with van der Waals surface area (Å²) in [5, 5.41) is 14.7. The van der Waals surface area contributed by atoms with Gasteiger partial charge < -0.3 is 5.32 Å². The average Bonchev–Trinajstić information content (AvgIpc) is 3.47. The minimum absolute atomic E-state index is 0.120. The summed E-state index contributed by atoms with van der Waals surface area (Å²) in [5.41, 5.74) is 0.955. The standard InChI is InChI=1S/C20H26N6O2S/c1-13-4-2-3-5-16(13)22-19(28)23-17(27)12-29-20-25-24-18(26(20)15-6-7-15)14-8-10-21-11-9-14/h8-11,13,15-16H,2-7,12H2,1H3,(H2,22,23,27,28)/t13-,16-/m1/s1. The topological polar surface area (TPSA) is 102 Å². The molecule has 2 heterocycles. The Labute approximate surface area is 174 Å². The SMILES string of the molecule is C[C@@H]1CCCC[C@H]1NC(=O)NC(=O)CSc1nnc(-c2ccncc2)n1C1CC1. The predicted octanol–water partition coefficient (Wildman–Crippen LogP) is 3.17. The highest BCUT2D eigenvalue weighted by molar-refractivity contribution is 7.99. The Morgan fingerprint density at radius 3 is 2.62 bits per heavy atom. The quantitative estimate of drug-likeness (QED) is 0.704. The predicted molar refractivity (Wildman–Crippen MR) is 110 cm³/mol. The van der Waals surface area contributed by atoms with Gasteiger partial charge in [0.25, 0.3) is 0 Å². The fourth-order valence-corrected chi connectivity index (χ4v) is 4.57. The molecule has 2 aromatic rings. The number of thioether (sulfide) groups is 1. The molecule has 0 bridgehead atoms. The molecule has 8 nitrogen and oxygen atoms in total. The minimum Gasteiger partial charge on any atom is -0.335 e. The highest BCUT2D eigenvalue weighted by Gasteiger charge is 2.30. The molecule has 2 saturated carbocycles. The van der Waals surface area contributed by atoms with Gasteiger partial charge in [-0.05, 0) is 43.7 Å². The molecule has 2 aliphatic carbocycles. The van der Waals surface area contributed by atoms with Crippen molar-refractivity contribution in [1.82, 2.24) is 30.4 Å². The van der Waals surface area contributed by atoms with E-state index in [1.54, 1.807) is 12.4 Å². The Morgan fingerprint density at radius 2 is 1.90 bits per heavy atom. The Bertz CT molecular complexity index is 867. The van der Waals surface area contributed by atoms with Gasteiger partial charge in [-0.25, -0.2) is 4.79 Å². The first kappa shape index (κ1) is 19.9. The van der Waals surface area contributed by atoms with E-state index in [1.807, 2.05) is 12.1 Å². The summed E-state index contributed by atoms with van der Waals surface area (Å²) >= 11 is 1.31. The Kier molecular flexibility index (Phi) is 6.13. The van der Waals surface area contributed by atoms with Crippen molar-refractivity contribution < 1.29 is 9.59 Å². The van der Waals surface area contributed by atoms with Crippen molar-refractivity contribution in [3.63, 3.8) is 0 Å². The first-order valence-corrected chi connectivity index (χ1v) is 11.2. The summed E-state index contributed by atoms with van der Waals surface area (Å²) in [4.78, 5) is 28.5. The summed E-state index contributed by atoms with van der Waals surface area (Å²) in [6.45, 7) is 2.15. The van der Waals surface area contributed by atoms with Crippen LogP contribution in [0, 0.1) is 5.92 Å². The molecular formula is C20H26N6O2S. The Balaban J connectivity index is 1.33. The molecule has 2 aromatic heterocycles. The van der Waals surface area contributed by atoms with E-state index in [0.717, 1.165) is 43.5 Å². The molecule has 29 heavy (non-hydrogen) atoms. The van der Waals surface area contributed by atoms with Crippen molar-refractivity contribution >= 4 is 23.7 Å². The normalized spacial score (nSPS) is 21.6. The van der Waals surface area contributed by atoms with E-state index in [2.05, 4.69) is 37.3 Å². The number of rotatable bonds is 6. The second-order valence-corrected chi connectivity index (χ2v) is 8.76. The van der Waals surface area contributed by atoms with Crippen LogP contribution in [-0.2, 0) is 4.79 Å². The Morgan fingerprint density at radius 1 is 1.14 bits per heavy atom. The molecule has 2 aliphatic rings.